The molecule has 2 atom stereocenters. The predicted molar refractivity (Wildman–Crippen MR) is 68.0 cm³/mol. The zero-order valence-corrected chi connectivity index (χ0v) is 10.7. The Morgan fingerprint density at radius 2 is 2.05 bits per heavy atom. The highest BCUT2D eigenvalue weighted by molar-refractivity contribution is 5.63. The molecule has 0 spiro atoms. The van der Waals surface area contributed by atoms with E-state index in [1.165, 1.54) is 6.08 Å². The first-order valence-corrected chi connectivity index (χ1v) is 5.93. The average Bonchev–Trinajstić information content (AvgIpc) is 2.80. The Morgan fingerprint density at radius 1 is 1.32 bits per heavy atom. The number of hydrogen-bond acceptors (Lipinski definition) is 5. The van der Waals surface area contributed by atoms with Crippen molar-refractivity contribution in [3.63, 3.8) is 0 Å². The Kier molecular flexibility index (Phi) is 4.41. The van der Waals surface area contributed by atoms with Gasteiger partial charge in [0.2, 0.25) is 0 Å². The molecule has 0 saturated carbocycles. The predicted octanol–water partition coefficient (Wildman–Crippen LogP) is 2.30. The van der Waals surface area contributed by atoms with Crippen LogP contribution in [0, 0.1) is 0 Å². The van der Waals surface area contributed by atoms with E-state index in [4.69, 9.17) is 18.9 Å². The van der Waals surface area contributed by atoms with Gasteiger partial charge in [-0.1, -0.05) is 18.7 Å². The van der Waals surface area contributed by atoms with Gasteiger partial charge in [-0.3, -0.25) is 0 Å². The fourth-order valence-corrected chi connectivity index (χ4v) is 1.75. The lowest BCUT2D eigenvalue weighted by Crippen LogP contribution is -2.25. The van der Waals surface area contributed by atoms with Crippen LogP contribution in [0.3, 0.4) is 0 Å². The van der Waals surface area contributed by atoms with Crippen LogP contribution in [0.15, 0.2) is 36.9 Å². The summed E-state index contributed by atoms with van der Waals surface area (Å²) in [6.07, 6.45) is -0.0127. The lowest BCUT2D eigenvalue weighted by Gasteiger charge is -2.12. The van der Waals surface area contributed by atoms with Gasteiger partial charge in [-0.05, 0) is 23.8 Å². The normalized spacial score (nSPS) is 21.6. The number of cyclic esters (lactones) is 2. The molecule has 2 rings (SSSR count). The molecule has 0 aliphatic carbocycles. The van der Waals surface area contributed by atoms with Crippen LogP contribution in [0.25, 0.3) is 0 Å². The Hall–Kier alpha value is -2.01. The topological polar surface area (TPSA) is 54.0 Å². The van der Waals surface area contributed by atoms with Crippen molar-refractivity contribution < 1.29 is 23.7 Å². The van der Waals surface area contributed by atoms with E-state index in [2.05, 4.69) is 6.58 Å². The van der Waals surface area contributed by atoms with Gasteiger partial charge in [-0.15, -0.1) is 0 Å². The third kappa shape index (κ3) is 3.48. The third-order valence-corrected chi connectivity index (χ3v) is 2.79. The van der Waals surface area contributed by atoms with E-state index in [0.717, 1.165) is 11.3 Å². The molecule has 1 aromatic carbocycles. The second-order valence-electron chi connectivity index (χ2n) is 4.09. The Labute approximate surface area is 111 Å². The van der Waals surface area contributed by atoms with E-state index < -0.39 is 18.4 Å². The van der Waals surface area contributed by atoms with Gasteiger partial charge in [0, 0.05) is 0 Å². The zero-order chi connectivity index (χ0) is 13.7. The lowest BCUT2D eigenvalue weighted by molar-refractivity contribution is 0.0305. The van der Waals surface area contributed by atoms with Crippen LogP contribution in [0.2, 0.25) is 0 Å². The van der Waals surface area contributed by atoms with Crippen molar-refractivity contribution in [2.45, 2.75) is 18.8 Å². The molecule has 0 bridgehead atoms. The number of rotatable bonds is 6. The monoisotopic (exact) mass is 264 g/mol. The first-order valence-electron chi connectivity index (χ1n) is 5.93. The minimum Gasteiger partial charge on any atom is -0.497 e. The number of methoxy groups -OCH3 is 1. The second-order valence-corrected chi connectivity index (χ2v) is 4.09. The van der Waals surface area contributed by atoms with Crippen molar-refractivity contribution in [2.75, 3.05) is 13.7 Å². The van der Waals surface area contributed by atoms with Gasteiger partial charge in [0.25, 0.3) is 0 Å². The van der Waals surface area contributed by atoms with Gasteiger partial charge in [0.1, 0.15) is 5.75 Å². The molecule has 1 heterocycles. The molecule has 1 fully saturated rings. The molecule has 19 heavy (non-hydrogen) atoms. The van der Waals surface area contributed by atoms with Crippen molar-refractivity contribution >= 4 is 6.16 Å². The highest BCUT2D eigenvalue weighted by Gasteiger charge is 2.34. The van der Waals surface area contributed by atoms with E-state index in [1.54, 1.807) is 7.11 Å². The maximum atomic E-state index is 11.0. The number of ether oxygens (including phenoxy) is 4. The van der Waals surface area contributed by atoms with Crippen LogP contribution in [-0.4, -0.2) is 32.1 Å². The molecule has 1 aliphatic rings. The second kappa shape index (κ2) is 6.24. The summed E-state index contributed by atoms with van der Waals surface area (Å²) >= 11 is 0. The molecular weight excluding hydrogens is 248 g/mol. The van der Waals surface area contributed by atoms with Crippen LogP contribution in [0.1, 0.15) is 5.56 Å². The fourth-order valence-electron chi connectivity index (χ4n) is 1.75. The van der Waals surface area contributed by atoms with Gasteiger partial charge < -0.3 is 18.9 Å². The molecule has 1 aromatic rings. The number of hydrogen-bond donors (Lipinski definition) is 0. The highest BCUT2D eigenvalue weighted by atomic mass is 16.8. The molecule has 5 heteroatoms. The van der Waals surface area contributed by atoms with E-state index in [1.807, 2.05) is 24.3 Å². The molecular formula is C14H16O5. The molecule has 102 valence electrons. The number of carbonyl (C=O) groups excluding carboxylic acids is 1. The molecule has 0 aromatic heterocycles. The van der Waals surface area contributed by atoms with E-state index in [0.29, 0.717) is 6.61 Å². The van der Waals surface area contributed by atoms with Gasteiger partial charge in [0.05, 0.1) is 20.3 Å². The van der Waals surface area contributed by atoms with E-state index >= 15 is 0 Å². The summed E-state index contributed by atoms with van der Waals surface area (Å²) < 4.78 is 20.4. The van der Waals surface area contributed by atoms with E-state index in [9.17, 15) is 4.79 Å². The summed E-state index contributed by atoms with van der Waals surface area (Å²) in [5, 5.41) is 0. The van der Waals surface area contributed by atoms with Crippen molar-refractivity contribution in [3.8, 4) is 5.75 Å². The van der Waals surface area contributed by atoms with Gasteiger partial charge in [-0.25, -0.2) is 4.79 Å². The summed E-state index contributed by atoms with van der Waals surface area (Å²) in [6.45, 7) is 4.29. The minimum atomic E-state index is -0.678. The summed E-state index contributed by atoms with van der Waals surface area (Å²) in [5.41, 5.74) is 1.01. The molecule has 0 radical (unpaired) electrons. The molecule has 0 unspecified atom stereocenters. The van der Waals surface area contributed by atoms with Crippen LogP contribution < -0.4 is 4.74 Å². The van der Waals surface area contributed by atoms with Crippen LogP contribution in [0.5, 0.6) is 5.75 Å². The van der Waals surface area contributed by atoms with Crippen LogP contribution >= 0.6 is 0 Å². The zero-order valence-electron chi connectivity index (χ0n) is 10.7. The van der Waals surface area contributed by atoms with Crippen molar-refractivity contribution in [1.82, 2.24) is 0 Å². The first-order chi connectivity index (χ1) is 9.22. The quantitative estimate of drug-likeness (QED) is 0.583. The molecule has 1 saturated heterocycles. The van der Waals surface area contributed by atoms with E-state index in [-0.39, 0.29) is 6.61 Å². The standard InChI is InChI=1S/C14H16O5/c1-3-12-13(19-14(15)18-12)9-17-8-10-4-6-11(16-2)7-5-10/h3-7,12-13H,1,8-9H2,2H3/t12-,13+/m1/s1. The summed E-state index contributed by atoms with van der Waals surface area (Å²) in [5.74, 6) is 0.800. The smallest absolute Gasteiger partial charge is 0.497 e. The lowest BCUT2D eigenvalue weighted by atomic mass is 10.2. The Balaban J connectivity index is 1.79. The Morgan fingerprint density at radius 3 is 2.68 bits per heavy atom. The Bertz CT molecular complexity index is 440. The average molecular weight is 264 g/mol. The summed E-state index contributed by atoms with van der Waals surface area (Å²) in [7, 11) is 1.62. The van der Waals surface area contributed by atoms with Gasteiger partial charge in [0.15, 0.2) is 12.2 Å². The molecule has 0 N–H and O–H groups in total. The molecule has 0 amide bonds. The minimum absolute atomic E-state index is 0.272. The molecule has 5 nitrogen and oxygen atoms in total. The van der Waals surface area contributed by atoms with Crippen LogP contribution in [-0.2, 0) is 20.8 Å². The SMILES string of the molecule is C=C[C@H]1OC(=O)O[C@H]1COCc1ccc(OC)cc1. The largest absolute Gasteiger partial charge is 0.509 e. The fraction of sp³-hybridized carbons (Fsp3) is 0.357. The summed E-state index contributed by atoms with van der Waals surface area (Å²) in [6, 6.07) is 7.57. The van der Waals surface area contributed by atoms with Gasteiger partial charge in [-0.2, -0.15) is 0 Å². The highest BCUT2D eigenvalue weighted by Crippen LogP contribution is 2.17. The number of carbonyl (C=O) groups is 1. The maximum absolute atomic E-state index is 11.0. The first kappa shape index (κ1) is 13.4. The maximum Gasteiger partial charge on any atom is 0.509 e. The van der Waals surface area contributed by atoms with Crippen molar-refractivity contribution in [2.24, 2.45) is 0 Å². The number of benzene rings is 1. The van der Waals surface area contributed by atoms with Gasteiger partial charge >= 0.3 is 6.16 Å². The van der Waals surface area contributed by atoms with Crippen molar-refractivity contribution in [1.29, 1.82) is 0 Å². The third-order valence-electron chi connectivity index (χ3n) is 2.79. The molecule has 1 aliphatic heterocycles. The van der Waals surface area contributed by atoms with Crippen LogP contribution in [0.4, 0.5) is 4.79 Å². The summed E-state index contributed by atoms with van der Waals surface area (Å²) in [4.78, 5) is 11.0. The van der Waals surface area contributed by atoms with Crippen molar-refractivity contribution in [3.05, 3.63) is 42.5 Å².